The molecule has 1 aromatic carbocycles. The maximum Gasteiger partial charge on any atom is 0.269 e. The monoisotopic (exact) mass is 424 g/mol. The first-order valence-electron chi connectivity index (χ1n) is 10.4. The second-order valence-corrected chi connectivity index (χ2v) is 7.71. The van der Waals surface area contributed by atoms with Crippen LogP contribution in [0.2, 0.25) is 0 Å². The minimum Gasteiger partial charge on any atom is -0.350 e. The molecule has 9 heteroatoms. The summed E-state index contributed by atoms with van der Waals surface area (Å²) in [5.74, 6) is 0.159. The van der Waals surface area contributed by atoms with Gasteiger partial charge in [-0.15, -0.1) is 0 Å². The molecule has 1 unspecified atom stereocenters. The van der Waals surface area contributed by atoms with E-state index < -0.39 is 0 Å². The van der Waals surface area contributed by atoms with Crippen LogP contribution in [0.3, 0.4) is 0 Å². The molecule has 1 N–H and O–H groups in total. The Labute approximate surface area is 179 Å². The number of amides is 1. The fourth-order valence-electron chi connectivity index (χ4n) is 3.92. The van der Waals surface area contributed by atoms with E-state index >= 15 is 0 Å². The average molecular weight is 424 g/mol. The van der Waals surface area contributed by atoms with Crippen LogP contribution in [0.15, 0.2) is 53.5 Å². The van der Waals surface area contributed by atoms with Crippen LogP contribution in [-0.4, -0.2) is 44.6 Å². The number of benzene rings is 1. The highest BCUT2D eigenvalue weighted by Crippen LogP contribution is 2.22. The molecule has 1 saturated heterocycles. The fraction of sp³-hybridized carbons (Fsp3) is 0.364. The van der Waals surface area contributed by atoms with Gasteiger partial charge in [-0.1, -0.05) is 12.1 Å². The van der Waals surface area contributed by atoms with E-state index in [4.69, 9.17) is 0 Å². The van der Waals surface area contributed by atoms with E-state index in [1.165, 1.54) is 27.6 Å². The smallest absolute Gasteiger partial charge is 0.269 e. The summed E-state index contributed by atoms with van der Waals surface area (Å²) in [6, 6.07) is 11.1. The summed E-state index contributed by atoms with van der Waals surface area (Å²) in [5, 5.41) is 11.6. The van der Waals surface area contributed by atoms with E-state index in [0.717, 1.165) is 25.8 Å². The Morgan fingerprint density at radius 3 is 2.87 bits per heavy atom. The topological polar surface area (TPSA) is 85.0 Å². The molecule has 0 bridgehead atoms. The lowest BCUT2D eigenvalue weighted by molar-refractivity contribution is 0.0940. The van der Waals surface area contributed by atoms with Gasteiger partial charge in [-0.2, -0.15) is 10.2 Å². The Morgan fingerprint density at radius 2 is 2.10 bits per heavy atom. The largest absolute Gasteiger partial charge is 0.350 e. The van der Waals surface area contributed by atoms with Gasteiger partial charge in [0.2, 0.25) is 0 Å². The Hall–Kier alpha value is -3.49. The normalized spacial score (nSPS) is 16.3. The minimum atomic E-state index is -0.345. The van der Waals surface area contributed by atoms with Crippen LogP contribution in [0.5, 0.6) is 0 Å². The summed E-state index contributed by atoms with van der Waals surface area (Å²) in [6.45, 7) is 1.45. The summed E-state index contributed by atoms with van der Waals surface area (Å²) >= 11 is 0. The van der Waals surface area contributed by atoms with Gasteiger partial charge < -0.3 is 10.2 Å². The molecule has 1 aliphatic heterocycles. The molecule has 3 aromatic rings. The summed E-state index contributed by atoms with van der Waals surface area (Å²) in [7, 11) is 1.73. The molecule has 1 amide bonds. The van der Waals surface area contributed by atoms with Crippen LogP contribution < -0.4 is 15.8 Å². The van der Waals surface area contributed by atoms with Crippen LogP contribution >= 0.6 is 0 Å². The maximum atomic E-state index is 13.5. The summed E-state index contributed by atoms with van der Waals surface area (Å²) in [6.07, 6.45) is 4.58. The summed E-state index contributed by atoms with van der Waals surface area (Å²) in [4.78, 5) is 26.9. The first kappa shape index (κ1) is 20.8. The van der Waals surface area contributed by atoms with Crippen molar-refractivity contribution in [2.75, 3.05) is 18.0 Å². The number of aryl methyl sites for hydroxylation is 1. The number of carbonyl (C=O) groups is 1. The second-order valence-electron chi connectivity index (χ2n) is 7.71. The van der Waals surface area contributed by atoms with Crippen molar-refractivity contribution < 1.29 is 9.18 Å². The predicted molar refractivity (Wildman–Crippen MR) is 115 cm³/mol. The Morgan fingerprint density at radius 1 is 1.23 bits per heavy atom. The highest BCUT2D eigenvalue weighted by atomic mass is 19.1. The zero-order valence-electron chi connectivity index (χ0n) is 17.4. The van der Waals surface area contributed by atoms with Gasteiger partial charge >= 0.3 is 0 Å². The number of rotatable bonds is 6. The Bertz CT molecular complexity index is 1120. The lowest BCUT2D eigenvalue weighted by Crippen LogP contribution is -2.48. The van der Waals surface area contributed by atoms with Gasteiger partial charge in [0.15, 0.2) is 0 Å². The van der Waals surface area contributed by atoms with Gasteiger partial charge in [0.25, 0.3) is 11.5 Å². The molecule has 3 heterocycles. The Balaban J connectivity index is 1.50. The first-order valence-corrected chi connectivity index (χ1v) is 10.4. The first-order chi connectivity index (χ1) is 15.0. The van der Waals surface area contributed by atoms with Crippen LogP contribution in [-0.2, 0) is 13.6 Å². The van der Waals surface area contributed by atoms with Gasteiger partial charge in [0.1, 0.15) is 17.3 Å². The van der Waals surface area contributed by atoms with Gasteiger partial charge in [-0.25, -0.2) is 9.07 Å². The van der Waals surface area contributed by atoms with Gasteiger partial charge in [-0.3, -0.25) is 14.3 Å². The SMILES string of the molecule is Cn1nccc1C(=O)NCC1CCCCN1c1ccc(=O)n(Cc2cccc(F)c2)n1. The zero-order chi connectivity index (χ0) is 21.8. The van der Waals surface area contributed by atoms with Crippen LogP contribution in [0.25, 0.3) is 0 Å². The lowest BCUT2D eigenvalue weighted by Gasteiger charge is -2.36. The number of hydrogen-bond donors (Lipinski definition) is 1. The number of nitrogens with one attached hydrogen (secondary N) is 1. The molecule has 31 heavy (non-hydrogen) atoms. The predicted octanol–water partition coefficient (Wildman–Crippen LogP) is 1.95. The summed E-state index contributed by atoms with van der Waals surface area (Å²) < 4.78 is 16.4. The molecular weight excluding hydrogens is 399 g/mol. The number of carbonyl (C=O) groups excluding carboxylic acids is 1. The molecule has 1 atom stereocenters. The van der Waals surface area contributed by atoms with Gasteiger partial charge in [-0.05, 0) is 49.1 Å². The van der Waals surface area contributed by atoms with Gasteiger partial charge in [0.05, 0.1) is 6.54 Å². The van der Waals surface area contributed by atoms with E-state index in [9.17, 15) is 14.0 Å². The molecule has 0 saturated carbocycles. The Kier molecular flexibility index (Phi) is 6.11. The van der Waals surface area contributed by atoms with Gasteiger partial charge in [0, 0.05) is 38.4 Å². The molecule has 162 valence electrons. The van der Waals surface area contributed by atoms with E-state index in [-0.39, 0.29) is 29.9 Å². The number of halogens is 1. The van der Waals surface area contributed by atoms with Crippen molar-refractivity contribution in [2.24, 2.45) is 7.05 Å². The van der Waals surface area contributed by atoms with Crippen molar-refractivity contribution in [2.45, 2.75) is 31.8 Å². The average Bonchev–Trinajstić information content (AvgIpc) is 3.20. The van der Waals surface area contributed by atoms with E-state index in [2.05, 4.69) is 20.4 Å². The van der Waals surface area contributed by atoms with Crippen molar-refractivity contribution in [3.8, 4) is 0 Å². The van der Waals surface area contributed by atoms with E-state index in [1.807, 2.05) is 0 Å². The highest BCUT2D eigenvalue weighted by Gasteiger charge is 2.25. The van der Waals surface area contributed by atoms with Crippen LogP contribution in [0.1, 0.15) is 35.3 Å². The number of piperidine rings is 1. The van der Waals surface area contributed by atoms with Crippen molar-refractivity contribution in [3.05, 3.63) is 76.1 Å². The lowest BCUT2D eigenvalue weighted by atomic mass is 10.0. The van der Waals surface area contributed by atoms with Crippen molar-refractivity contribution >= 4 is 11.7 Å². The van der Waals surface area contributed by atoms with Crippen molar-refractivity contribution in [1.82, 2.24) is 24.9 Å². The quantitative estimate of drug-likeness (QED) is 0.654. The number of hydrogen-bond acceptors (Lipinski definition) is 5. The molecule has 8 nitrogen and oxygen atoms in total. The third-order valence-electron chi connectivity index (χ3n) is 5.55. The third kappa shape index (κ3) is 4.82. The molecule has 1 aliphatic rings. The molecule has 4 rings (SSSR count). The molecule has 1 fully saturated rings. The molecule has 0 spiro atoms. The van der Waals surface area contributed by atoms with E-state index in [0.29, 0.717) is 23.6 Å². The fourth-order valence-corrected chi connectivity index (χ4v) is 3.92. The minimum absolute atomic E-state index is 0.0681. The van der Waals surface area contributed by atoms with E-state index in [1.54, 1.807) is 37.5 Å². The standard InChI is InChI=1S/C22H25FN6O2/c1-27-19(10-11-25-27)22(31)24-14-18-7-2-3-12-28(18)20-8-9-21(30)29(26-20)15-16-5-4-6-17(23)13-16/h4-6,8-11,13,18H,2-3,7,12,14-15H2,1H3,(H,24,31). The molecule has 0 aliphatic carbocycles. The van der Waals surface area contributed by atoms with Crippen molar-refractivity contribution in [3.63, 3.8) is 0 Å². The zero-order valence-corrected chi connectivity index (χ0v) is 17.4. The van der Waals surface area contributed by atoms with Crippen LogP contribution in [0.4, 0.5) is 10.2 Å². The number of nitrogens with zero attached hydrogens (tertiary/aromatic N) is 5. The van der Waals surface area contributed by atoms with Crippen LogP contribution in [0, 0.1) is 5.82 Å². The van der Waals surface area contributed by atoms with Crippen molar-refractivity contribution in [1.29, 1.82) is 0 Å². The third-order valence-corrected chi connectivity index (χ3v) is 5.55. The molecule has 0 radical (unpaired) electrons. The number of anilines is 1. The molecule has 2 aromatic heterocycles. The molecular formula is C22H25FN6O2. The number of aromatic nitrogens is 4. The second kappa shape index (κ2) is 9.11. The maximum absolute atomic E-state index is 13.5. The highest BCUT2D eigenvalue weighted by molar-refractivity contribution is 5.92. The summed E-state index contributed by atoms with van der Waals surface area (Å²) in [5.41, 5.74) is 0.931.